The molecule has 0 saturated carbocycles. The van der Waals surface area contributed by atoms with Crippen LogP contribution in [0.1, 0.15) is 75.6 Å². The second kappa shape index (κ2) is 12.4. The summed E-state index contributed by atoms with van der Waals surface area (Å²) in [6, 6.07) is 60.1. The van der Waals surface area contributed by atoms with E-state index in [0.717, 1.165) is 25.7 Å². The van der Waals surface area contributed by atoms with Crippen LogP contribution in [0.5, 0.6) is 0 Å². The molecule has 8 aromatic carbocycles. The summed E-state index contributed by atoms with van der Waals surface area (Å²) in [5.41, 5.74) is 19.4. The standard InChI is InChI=1S/C54H46/c1-5-53(6-2)47-25-17-16-20-39(47)40-29-26-36(32-48(40)53)37-27-30-41-42-31-28-38(34-50(42)54(7-3,8-4)49(41)33-37)52-45-23-14-12-21-43(45)51(35-18-10-9-11-19-35)44-22-13-15-24-46(44)52/h9-34H,5-8H2,1-4H3. The summed E-state index contributed by atoms with van der Waals surface area (Å²) in [6.45, 7) is 9.52. The predicted molar refractivity (Wildman–Crippen MR) is 231 cm³/mol. The Balaban J connectivity index is 1.13. The summed E-state index contributed by atoms with van der Waals surface area (Å²) in [6.07, 6.45) is 4.32. The Bertz CT molecular complexity index is 2700. The summed E-state index contributed by atoms with van der Waals surface area (Å²) in [4.78, 5) is 0. The van der Waals surface area contributed by atoms with Crippen molar-refractivity contribution < 1.29 is 0 Å². The number of fused-ring (bicyclic) bond motifs is 8. The quantitative estimate of drug-likeness (QED) is 0.146. The van der Waals surface area contributed by atoms with Crippen LogP contribution < -0.4 is 0 Å². The first kappa shape index (κ1) is 32.9. The minimum absolute atomic E-state index is 0.0597. The summed E-state index contributed by atoms with van der Waals surface area (Å²) in [7, 11) is 0. The van der Waals surface area contributed by atoms with Crippen molar-refractivity contribution in [2.75, 3.05) is 0 Å². The first-order valence-electron chi connectivity index (χ1n) is 20.1. The highest BCUT2D eigenvalue weighted by Gasteiger charge is 2.42. The van der Waals surface area contributed by atoms with E-state index in [4.69, 9.17) is 0 Å². The van der Waals surface area contributed by atoms with Gasteiger partial charge in [-0.3, -0.25) is 0 Å². The van der Waals surface area contributed by atoms with E-state index in [2.05, 4.69) is 185 Å². The van der Waals surface area contributed by atoms with Crippen molar-refractivity contribution in [3.8, 4) is 55.6 Å². The lowest BCUT2D eigenvalue weighted by atomic mass is 9.72. The molecule has 0 fully saturated rings. The molecule has 0 spiro atoms. The zero-order chi connectivity index (χ0) is 36.6. The maximum Gasteiger partial charge on any atom is 0.0210 e. The fraction of sp³-hybridized carbons (Fsp3) is 0.185. The topological polar surface area (TPSA) is 0 Å². The van der Waals surface area contributed by atoms with Gasteiger partial charge in [0, 0.05) is 10.8 Å². The van der Waals surface area contributed by atoms with Crippen LogP contribution >= 0.6 is 0 Å². The van der Waals surface area contributed by atoms with Crippen molar-refractivity contribution in [2.45, 2.75) is 64.2 Å². The summed E-state index contributed by atoms with van der Waals surface area (Å²) in [5, 5.41) is 5.21. The van der Waals surface area contributed by atoms with Gasteiger partial charge in [-0.15, -0.1) is 0 Å². The molecule has 0 saturated heterocycles. The van der Waals surface area contributed by atoms with Crippen LogP contribution in [0.3, 0.4) is 0 Å². The summed E-state index contributed by atoms with van der Waals surface area (Å²) >= 11 is 0. The molecular formula is C54H46. The van der Waals surface area contributed by atoms with Crippen molar-refractivity contribution in [1.29, 1.82) is 0 Å². The maximum atomic E-state index is 2.56. The molecule has 8 aromatic rings. The van der Waals surface area contributed by atoms with Gasteiger partial charge in [0.15, 0.2) is 0 Å². The van der Waals surface area contributed by atoms with Gasteiger partial charge < -0.3 is 0 Å². The first-order chi connectivity index (χ1) is 26.6. The van der Waals surface area contributed by atoms with E-state index < -0.39 is 0 Å². The second-order valence-corrected chi connectivity index (χ2v) is 15.6. The lowest BCUT2D eigenvalue weighted by Gasteiger charge is -2.31. The van der Waals surface area contributed by atoms with Gasteiger partial charge in [0.1, 0.15) is 0 Å². The van der Waals surface area contributed by atoms with Crippen LogP contribution in [0.15, 0.2) is 158 Å². The highest BCUT2D eigenvalue weighted by Crippen LogP contribution is 2.57. The molecule has 0 unspecified atom stereocenters. The zero-order valence-corrected chi connectivity index (χ0v) is 31.8. The molecule has 54 heavy (non-hydrogen) atoms. The van der Waals surface area contributed by atoms with Gasteiger partial charge in [-0.1, -0.05) is 167 Å². The SMILES string of the molecule is CCC1(CC)c2ccccc2-c2ccc(-c3ccc4c(c3)C(CC)(CC)c3cc(-c5c6ccccc6c(-c6ccccc6)c6ccccc56)ccc3-4)cc21. The Kier molecular flexibility index (Phi) is 7.57. The minimum Gasteiger partial charge on any atom is -0.0642 e. The average molecular weight is 695 g/mol. The van der Waals surface area contributed by atoms with Crippen molar-refractivity contribution in [1.82, 2.24) is 0 Å². The van der Waals surface area contributed by atoms with Crippen LogP contribution in [-0.4, -0.2) is 0 Å². The van der Waals surface area contributed by atoms with Crippen molar-refractivity contribution in [2.24, 2.45) is 0 Å². The minimum atomic E-state index is -0.0597. The Morgan fingerprint density at radius 2 is 0.648 bits per heavy atom. The third-order valence-electron chi connectivity index (χ3n) is 13.7. The number of rotatable bonds is 7. The highest BCUT2D eigenvalue weighted by molar-refractivity contribution is 6.21. The van der Waals surface area contributed by atoms with Gasteiger partial charge in [0.2, 0.25) is 0 Å². The third-order valence-corrected chi connectivity index (χ3v) is 13.7. The van der Waals surface area contributed by atoms with E-state index in [1.807, 2.05) is 0 Å². The van der Waals surface area contributed by atoms with Gasteiger partial charge >= 0.3 is 0 Å². The van der Waals surface area contributed by atoms with Crippen LogP contribution in [-0.2, 0) is 10.8 Å². The number of benzene rings is 8. The van der Waals surface area contributed by atoms with Gasteiger partial charge in [-0.2, -0.15) is 0 Å². The lowest BCUT2D eigenvalue weighted by Crippen LogP contribution is -2.23. The van der Waals surface area contributed by atoms with E-state index in [1.165, 1.54) is 99.4 Å². The maximum absolute atomic E-state index is 2.56. The molecule has 0 atom stereocenters. The predicted octanol–water partition coefficient (Wildman–Crippen LogP) is 15.2. The molecule has 2 aliphatic carbocycles. The molecule has 0 radical (unpaired) electrons. The molecule has 10 rings (SSSR count). The smallest absolute Gasteiger partial charge is 0.0210 e. The van der Waals surface area contributed by atoms with Gasteiger partial charge in [-0.25, -0.2) is 0 Å². The number of hydrogen-bond donors (Lipinski definition) is 0. The fourth-order valence-corrected chi connectivity index (χ4v) is 10.8. The van der Waals surface area contributed by atoms with E-state index in [9.17, 15) is 0 Å². The lowest BCUT2D eigenvalue weighted by molar-refractivity contribution is 0.490. The highest BCUT2D eigenvalue weighted by atomic mass is 14.5. The van der Waals surface area contributed by atoms with Crippen molar-refractivity contribution in [3.05, 3.63) is 180 Å². The van der Waals surface area contributed by atoms with Crippen LogP contribution in [0.2, 0.25) is 0 Å². The molecule has 262 valence electrons. The molecule has 0 heterocycles. The van der Waals surface area contributed by atoms with Crippen LogP contribution in [0, 0.1) is 0 Å². The zero-order valence-electron chi connectivity index (χ0n) is 31.8. The molecule has 0 bridgehead atoms. The summed E-state index contributed by atoms with van der Waals surface area (Å²) in [5.74, 6) is 0. The molecular weight excluding hydrogens is 649 g/mol. The molecule has 0 amide bonds. The molecule has 0 aromatic heterocycles. The Morgan fingerprint density at radius 1 is 0.296 bits per heavy atom. The largest absolute Gasteiger partial charge is 0.0642 e. The average Bonchev–Trinajstić information content (AvgIpc) is 3.68. The second-order valence-electron chi connectivity index (χ2n) is 15.6. The Hall–Kier alpha value is -5.72. The van der Waals surface area contributed by atoms with E-state index in [-0.39, 0.29) is 10.8 Å². The third kappa shape index (κ3) is 4.43. The van der Waals surface area contributed by atoms with Crippen LogP contribution in [0.25, 0.3) is 77.2 Å². The van der Waals surface area contributed by atoms with Gasteiger partial charge in [0.05, 0.1) is 0 Å². The van der Waals surface area contributed by atoms with Gasteiger partial charge in [0.25, 0.3) is 0 Å². The normalized spacial score (nSPS) is 14.5. The Labute approximate surface area is 320 Å². The van der Waals surface area contributed by atoms with Crippen molar-refractivity contribution in [3.63, 3.8) is 0 Å². The van der Waals surface area contributed by atoms with E-state index in [0.29, 0.717) is 0 Å². The fourth-order valence-electron chi connectivity index (χ4n) is 10.8. The Morgan fingerprint density at radius 3 is 1.13 bits per heavy atom. The molecule has 0 aliphatic heterocycles. The molecule has 0 nitrogen and oxygen atoms in total. The van der Waals surface area contributed by atoms with Crippen LogP contribution in [0.4, 0.5) is 0 Å². The van der Waals surface area contributed by atoms with Crippen molar-refractivity contribution >= 4 is 21.5 Å². The van der Waals surface area contributed by atoms with E-state index in [1.54, 1.807) is 0 Å². The molecule has 2 aliphatic rings. The molecule has 0 N–H and O–H groups in total. The summed E-state index contributed by atoms with van der Waals surface area (Å²) < 4.78 is 0. The monoisotopic (exact) mass is 694 g/mol. The first-order valence-corrected chi connectivity index (χ1v) is 20.1. The molecule has 0 heteroatoms. The van der Waals surface area contributed by atoms with Gasteiger partial charge in [-0.05, 0) is 143 Å². The van der Waals surface area contributed by atoms with E-state index >= 15 is 0 Å². The number of hydrogen-bond acceptors (Lipinski definition) is 0.